The van der Waals surface area contributed by atoms with Crippen LogP contribution in [-0.2, 0) is 9.53 Å². The molecule has 1 saturated carbocycles. The van der Waals surface area contributed by atoms with Gasteiger partial charge in [0.2, 0.25) is 0 Å². The van der Waals surface area contributed by atoms with Crippen molar-refractivity contribution in [3.8, 4) is 0 Å². The number of hydrogen-bond acceptors (Lipinski definition) is 2. The predicted octanol–water partition coefficient (Wildman–Crippen LogP) is 3.30. The molecule has 1 aliphatic carbocycles. The van der Waals surface area contributed by atoms with E-state index in [1.165, 1.54) is 25.7 Å². The van der Waals surface area contributed by atoms with Gasteiger partial charge in [-0.2, -0.15) is 0 Å². The van der Waals surface area contributed by atoms with E-state index < -0.39 is 0 Å². The lowest BCUT2D eigenvalue weighted by atomic mass is 9.80. The average Bonchev–Trinajstić information content (AvgIpc) is 2.78. The highest BCUT2D eigenvalue weighted by atomic mass is 16.6. The van der Waals surface area contributed by atoms with Crippen molar-refractivity contribution in [3.63, 3.8) is 0 Å². The molecule has 1 saturated heterocycles. The van der Waals surface area contributed by atoms with E-state index in [2.05, 4.69) is 13.8 Å². The molecular weight excluding hydrogens is 188 g/mol. The lowest BCUT2D eigenvalue weighted by molar-refractivity contribution is -0.149. The highest BCUT2D eigenvalue weighted by Crippen LogP contribution is 2.49. The van der Waals surface area contributed by atoms with Crippen LogP contribution < -0.4 is 0 Å². The molecule has 1 aliphatic heterocycles. The predicted molar refractivity (Wildman–Crippen MR) is 59.5 cm³/mol. The van der Waals surface area contributed by atoms with Crippen LogP contribution in [0.3, 0.4) is 0 Å². The molecule has 1 unspecified atom stereocenters. The Hall–Kier alpha value is -0.530. The molecule has 2 heteroatoms. The van der Waals surface area contributed by atoms with E-state index in [1.54, 1.807) is 0 Å². The number of hydrogen-bond donors (Lipinski definition) is 0. The van der Waals surface area contributed by atoms with Crippen molar-refractivity contribution in [2.75, 3.05) is 0 Å². The molecule has 0 aromatic carbocycles. The van der Waals surface area contributed by atoms with Gasteiger partial charge in [0.15, 0.2) is 0 Å². The number of carbonyl (C=O) groups is 1. The summed E-state index contributed by atoms with van der Waals surface area (Å²) in [5.74, 6) is 0.645. The quantitative estimate of drug-likeness (QED) is 0.668. The zero-order valence-corrected chi connectivity index (χ0v) is 9.92. The Balaban J connectivity index is 2.00. The molecule has 86 valence electrons. The van der Waals surface area contributed by atoms with Gasteiger partial charge >= 0.3 is 5.97 Å². The molecule has 0 N–H and O–H groups in total. The molecule has 15 heavy (non-hydrogen) atoms. The molecule has 1 heterocycles. The maximum atomic E-state index is 11.9. The van der Waals surface area contributed by atoms with Gasteiger partial charge in [0.1, 0.15) is 6.10 Å². The van der Waals surface area contributed by atoms with Crippen LogP contribution in [0.1, 0.15) is 58.8 Å². The van der Waals surface area contributed by atoms with Crippen molar-refractivity contribution in [1.82, 2.24) is 0 Å². The molecule has 2 rings (SSSR count). The van der Waals surface area contributed by atoms with Crippen LogP contribution in [-0.4, -0.2) is 12.1 Å². The maximum absolute atomic E-state index is 11.9. The summed E-state index contributed by atoms with van der Waals surface area (Å²) in [5.41, 5.74) is -0.0628. The van der Waals surface area contributed by atoms with Crippen LogP contribution in [0.15, 0.2) is 0 Å². The molecule has 0 amide bonds. The van der Waals surface area contributed by atoms with Gasteiger partial charge in [0.25, 0.3) is 0 Å². The molecular formula is C13H22O2. The molecule has 0 radical (unpaired) electrons. The SMILES string of the molecule is CCCC(C)[C@@H]1CC2(CCCC2)C(=O)O1. The first-order chi connectivity index (χ1) is 7.18. The average molecular weight is 210 g/mol. The van der Waals surface area contributed by atoms with E-state index in [0.717, 1.165) is 19.3 Å². The first kappa shape index (κ1) is 11.0. The number of rotatable bonds is 3. The minimum atomic E-state index is -0.0628. The summed E-state index contributed by atoms with van der Waals surface area (Å²) in [6.07, 6.45) is 8.12. The Morgan fingerprint density at radius 2 is 2.13 bits per heavy atom. The fourth-order valence-corrected chi connectivity index (χ4v) is 3.19. The molecule has 1 spiro atoms. The van der Waals surface area contributed by atoms with E-state index in [1.807, 2.05) is 0 Å². The van der Waals surface area contributed by atoms with Crippen molar-refractivity contribution in [3.05, 3.63) is 0 Å². The zero-order valence-electron chi connectivity index (χ0n) is 9.92. The second-order valence-electron chi connectivity index (χ2n) is 5.40. The first-order valence-electron chi connectivity index (χ1n) is 6.39. The van der Waals surface area contributed by atoms with Crippen LogP contribution in [0.4, 0.5) is 0 Å². The van der Waals surface area contributed by atoms with E-state index in [0.29, 0.717) is 5.92 Å². The van der Waals surface area contributed by atoms with Crippen LogP contribution in [0.25, 0.3) is 0 Å². The first-order valence-corrected chi connectivity index (χ1v) is 6.39. The third-order valence-electron chi connectivity index (χ3n) is 4.22. The largest absolute Gasteiger partial charge is 0.462 e. The van der Waals surface area contributed by atoms with Crippen LogP contribution in [0.5, 0.6) is 0 Å². The maximum Gasteiger partial charge on any atom is 0.312 e. The monoisotopic (exact) mass is 210 g/mol. The van der Waals surface area contributed by atoms with Gasteiger partial charge in [-0.25, -0.2) is 0 Å². The molecule has 2 fully saturated rings. The second kappa shape index (κ2) is 4.15. The van der Waals surface area contributed by atoms with Crippen LogP contribution in [0.2, 0.25) is 0 Å². The zero-order chi connectivity index (χ0) is 10.9. The Labute approximate surface area is 92.4 Å². The van der Waals surface area contributed by atoms with Gasteiger partial charge in [-0.15, -0.1) is 0 Å². The van der Waals surface area contributed by atoms with Gasteiger partial charge in [-0.1, -0.05) is 33.1 Å². The van der Waals surface area contributed by atoms with Crippen molar-refractivity contribution in [2.45, 2.75) is 64.9 Å². The summed E-state index contributed by atoms with van der Waals surface area (Å²) in [4.78, 5) is 11.9. The smallest absolute Gasteiger partial charge is 0.312 e. The minimum Gasteiger partial charge on any atom is -0.462 e. The van der Waals surface area contributed by atoms with Crippen LogP contribution >= 0.6 is 0 Å². The van der Waals surface area contributed by atoms with Gasteiger partial charge in [-0.3, -0.25) is 4.79 Å². The van der Waals surface area contributed by atoms with Gasteiger partial charge < -0.3 is 4.74 Å². The molecule has 0 aromatic heterocycles. The Morgan fingerprint density at radius 1 is 1.47 bits per heavy atom. The van der Waals surface area contributed by atoms with Crippen molar-refractivity contribution in [2.24, 2.45) is 11.3 Å². The van der Waals surface area contributed by atoms with E-state index >= 15 is 0 Å². The summed E-state index contributed by atoms with van der Waals surface area (Å²) >= 11 is 0. The molecule has 2 atom stereocenters. The van der Waals surface area contributed by atoms with Gasteiger partial charge in [0, 0.05) is 6.42 Å². The second-order valence-corrected chi connectivity index (χ2v) is 5.40. The molecule has 2 aliphatic rings. The van der Waals surface area contributed by atoms with Crippen molar-refractivity contribution < 1.29 is 9.53 Å². The minimum absolute atomic E-state index is 0.0628. The summed E-state index contributed by atoms with van der Waals surface area (Å²) < 4.78 is 5.57. The number of cyclic esters (lactones) is 1. The highest BCUT2D eigenvalue weighted by molar-refractivity contribution is 5.79. The topological polar surface area (TPSA) is 26.3 Å². The summed E-state index contributed by atoms with van der Waals surface area (Å²) in [6, 6.07) is 0. The lowest BCUT2D eigenvalue weighted by Crippen LogP contribution is -2.22. The third-order valence-corrected chi connectivity index (χ3v) is 4.22. The summed E-state index contributed by atoms with van der Waals surface area (Å²) in [7, 11) is 0. The van der Waals surface area contributed by atoms with Gasteiger partial charge in [0.05, 0.1) is 5.41 Å². The Bertz CT molecular complexity index is 241. The normalized spacial score (nSPS) is 30.8. The number of carbonyl (C=O) groups excluding carboxylic acids is 1. The van der Waals surface area contributed by atoms with Crippen LogP contribution in [0, 0.1) is 11.3 Å². The van der Waals surface area contributed by atoms with Crippen molar-refractivity contribution in [1.29, 1.82) is 0 Å². The summed E-state index contributed by atoms with van der Waals surface area (Å²) in [6.45, 7) is 4.41. The van der Waals surface area contributed by atoms with E-state index in [4.69, 9.17) is 4.74 Å². The van der Waals surface area contributed by atoms with E-state index in [-0.39, 0.29) is 17.5 Å². The Morgan fingerprint density at radius 3 is 2.73 bits per heavy atom. The molecule has 2 nitrogen and oxygen atoms in total. The summed E-state index contributed by atoms with van der Waals surface area (Å²) in [5, 5.41) is 0. The highest BCUT2D eigenvalue weighted by Gasteiger charge is 2.51. The standard InChI is InChI=1S/C13H22O2/c1-3-6-10(2)11-9-13(12(14)15-11)7-4-5-8-13/h10-11H,3-9H2,1-2H3/t10?,11-/m0/s1. The Kier molecular flexibility index (Phi) is 3.03. The number of ether oxygens (including phenoxy) is 1. The molecule has 0 aromatic rings. The van der Waals surface area contributed by atoms with Gasteiger partial charge in [-0.05, 0) is 25.2 Å². The fourth-order valence-electron chi connectivity index (χ4n) is 3.19. The molecule has 0 bridgehead atoms. The fraction of sp³-hybridized carbons (Fsp3) is 0.923. The van der Waals surface area contributed by atoms with Crippen molar-refractivity contribution >= 4 is 5.97 Å². The van der Waals surface area contributed by atoms with E-state index in [9.17, 15) is 4.79 Å². The third kappa shape index (κ3) is 1.91. The number of esters is 1. The lowest BCUT2D eigenvalue weighted by Gasteiger charge is -2.19.